The van der Waals surface area contributed by atoms with Gasteiger partial charge >= 0.3 is 6.18 Å². The summed E-state index contributed by atoms with van der Waals surface area (Å²) in [6.07, 6.45) is -4.44. The molecule has 0 fully saturated rings. The van der Waals surface area contributed by atoms with Crippen LogP contribution in [-0.2, 0) is 21.2 Å². The molecule has 1 aliphatic rings. The molecule has 2 aromatic carbocycles. The third kappa shape index (κ3) is 4.19. The predicted molar refractivity (Wildman–Crippen MR) is 97.6 cm³/mol. The lowest BCUT2D eigenvalue weighted by Gasteiger charge is -2.25. The van der Waals surface area contributed by atoms with Gasteiger partial charge in [-0.15, -0.1) is 0 Å². The molecular formula is C18H16F3N3O4S. The molecule has 3 rings (SSSR count). The second-order valence-electron chi connectivity index (χ2n) is 6.37. The molecule has 0 aliphatic carbocycles. The zero-order valence-corrected chi connectivity index (χ0v) is 15.6. The van der Waals surface area contributed by atoms with Crippen molar-refractivity contribution < 1.29 is 31.2 Å². The molecule has 1 heterocycles. The van der Waals surface area contributed by atoms with E-state index in [0.717, 1.165) is 28.6 Å². The number of benzene rings is 2. The van der Waals surface area contributed by atoms with Crippen molar-refractivity contribution in [2.75, 3.05) is 10.8 Å². The Morgan fingerprint density at radius 2 is 1.72 bits per heavy atom. The number of anilines is 1. The fourth-order valence-electron chi connectivity index (χ4n) is 3.05. The molecular weight excluding hydrogens is 411 g/mol. The maximum atomic E-state index is 13.1. The third-order valence-corrected chi connectivity index (χ3v) is 6.21. The summed E-state index contributed by atoms with van der Waals surface area (Å²) >= 11 is 0. The summed E-state index contributed by atoms with van der Waals surface area (Å²) in [4.78, 5) is 23.4. The summed E-state index contributed by atoms with van der Waals surface area (Å²) in [6.45, 7) is -1.50. The topological polar surface area (TPSA) is 110 Å². The van der Waals surface area contributed by atoms with Gasteiger partial charge in [-0.1, -0.05) is 18.2 Å². The molecule has 29 heavy (non-hydrogen) atoms. The van der Waals surface area contributed by atoms with Gasteiger partial charge in [0.2, 0.25) is 5.91 Å². The SMILES string of the molecule is NC(=O)[C@@H]1Cc2ccccc2N1S(=O)(=O)c1ccc(C(=O)NCC(F)(F)F)cc1. The summed E-state index contributed by atoms with van der Waals surface area (Å²) in [6, 6.07) is 9.85. The van der Waals surface area contributed by atoms with E-state index < -0.39 is 40.6 Å². The van der Waals surface area contributed by atoms with Crippen LogP contribution >= 0.6 is 0 Å². The molecule has 0 aromatic heterocycles. The molecule has 3 N–H and O–H groups in total. The van der Waals surface area contributed by atoms with Gasteiger partial charge in [0, 0.05) is 12.0 Å². The minimum atomic E-state index is -4.56. The largest absolute Gasteiger partial charge is 0.405 e. The fraction of sp³-hybridized carbons (Fsp3) is 0.222. The maximum absolute atomic E-state index is 13.1. The monoisotopic (exact) mass is 427 g/mol. The molecule has 0 saturated carbocycles. The second kappa shape index (κ2) is 7.39. The van der Waals surface area contributed by atoms with Crippen molar-refractivity contribution >= 4 is 27.5 Å². The quantitative estimate of drug-likeness (QED) is 0.755. The number of para-hydroxylation sites is 1. The Morgan fingerprint density at radius 3 is 2.31 bits per heavy atom. The molecule has 1 aliphatic heterocycles. The molecule has 11 heteroatoms. The lowest BCUT2D eigenvalue weighted by molar-refractivity contribution is -0.123. The highest BCUT2D eigenvalue weighted by Crippen LogP contribution is 2.36. The number of carbonyl (C=O) groups excluding carboxylic acids is 2. The number of hydrogen-bond acceptors (Lipinski definition) is 4. The predicted octanol–water partition coefficient (Wildman–Crippen LogP) is 1.58. The second-order valence-corrected chi connectivity index (χ2v) is 8.19. The number of fused-ring (bicyclic) bond motifs is 1. The number of hydrogen-bond donors (Lipinski definition) is 2. The van der Waals surface area contributed by atoms with Gasteiger partial charge in [0.05, 0.1) is 10.6 Å². The molecule has 0 spiro atoms. The minimum absolute atomic E-state index is 0.128. The van der Waals surface area contributed by atoms with Crippen molar-refractivity contribution in [2.45, 2.75) is 23.5 Å². The van der Waals surface area contributed by atoms with E-state index in [9.17, 15) is 31.2 Å². The van der Waals surface area contributed by atoms with Crippen LogP contribution in [0.5, 0.6) is 0 Å². The zero-order valence-electron chi connectivity index (χ0n) is 14.8. The molecule has 0 bridgehead atoms. The molecule has 7 nitrogen and oxygen atoms in total. The number of rotatable bonds is 5. The van der Waals surface area contributed by atoms with Crippen molar-refractivity contribution in [2.24, 2.45) is 5.73 Å². The average molecular weight is 427 g/mol. The van der Waals surface area contributed by atoms with Crippen LogP contribution in [0.3, 0.4) is 0 Å². The Hall–Kier alpha value is -3.08. The summed E-state index contributed by atoms with van der Waals surface area (Å²) < 4.78 is 63.8. The number of primary amides is 1. The normalized spacial score (nSPS) is 16.4. The van der Waals surface area contributed by atoms with Crippen molar-refractivity contribution in [1.82, 2.24) is 5.32 Å². The van der Waals surface area contributed by atoms with E-state index >= 15 is 0 Å². The summed E-state index contributed by atoms with van der Waals surface area (Å²) in [7, 11) is -4.20. The first kappa shape index (κ1) is 20.6. The Morgan fingerprint density at radius 1 is 1.10 bits per heavy atom. The van der Waals surface area contributed by atoms with E-state index in [1.54, 1.807) is 29.6 Å². The van der Waals surface area contributed by atoms with Crippen LogP contribution in [0.4, 0.5) is 18.9 Å². The lowest BCUT2D eigenvalue weighted by Crippen LogP contribution is -2.46. The minimum Gasteiger partial charge on any atom is -0.368 e. The van der Waals surface area contributed by atoms with Gasteiger partial charge in [0.25, 0.3) is 15.9 Å². The van der Waals surface area contributed by atoms with Gasteiger partial charge in [-0.05, 0) is 35.9 Å². The molecule has 154 valence electrons. The van der Waals surface area contributed by atoms with Gasteiger partial charge in [0.1, 0.15) is 12.6 Å². The Balaban J connectivity index is 1.89. The number of carbonyl (C=O) groups is 2. The van der Waals surface area contributed by atoms with E-state index in [1.807, 2.05) is 0 Å². The highest BCUT2D eigenvalue weighted by Gasteiger charge is 2.41. The summed E-state index contributed by atoms with van der Waals surface area (Å²) in [5, 5.41) is 1.70. The Labute approximate surface area is 164 Å². The Bertz CT molecular complexity index is 1050. The van der Waals surface area contributed by atoms with E-state index in [4.69, 9.17) is 5.73 Å². The van der Waals surface area contributed by atoms with Crippen LogP contribution in [0.2, 0.25) is 0 Å². The van der Waals surface area contributed by atoms with Crippen LogP contribution in [0.1, 0.15) is 15.9 Å². The first-order chi connectivity index (χ1) is 13.5. The van der Waals surface area contributed by atoms with E-state index in [1.165, 1.54) is 0 Å². The van der Waals surface area contributed by atoms with Gasteiger partial charge < -0.3 is 11.1 Å². The van der Waals surface area contributed by atoms with Crippen molar-refractivity contribution in [3.63, 3.8) is 0 Å². The van der Waals surface area contributed by atoms with Gasteiger partial charge in [-0.25, -0.2) is 8.42 Å². The van der Waals surface area contributed by atoms with Crippen molar-refractivity contribution in [3.05, 3.63) is 59.7 Å². The molecule has 2 aromatic rings. The Kier molecular flexibility index (Phi) is 5.26. The molecule has 2 amide bonds. The molecule has 0 unspecified atom stereocenters. The van der Waals surface area contributed by atoms with Crippen molar-refractivity contribution in [3.8, 4) is 0 Å². The number of nitrogens with two attached hydrogens (primary N) is 1. The van der Waals surface area contributed by atoms with Crippen LogP contribution in [0, 0.1) is 0 Å². The number of amides is 2. The molecule has 0 saturated heterocycles. The maximum Gasteiger partial charge on any atom is 0.405 e. The number of halogens is 3. The fourth-order valence-corrected chi connectivity index (χ4v) is 4.70. The van der Waals surface area contributed by atoms with Gasteiger partial charge in [-0.2, -0.15) is 13.2 Å². The highest BCUT2D eigenvalue weighted by atomic mass is 32.2. The molecule has 0 radical (unpaired) electrons. The summed E-state index contributed by atoms with van der Waals surface area (Å²) in [5.74, 6) is -1.80. The average Bonchev–Trinajstić information content (AvgIpc) is 3.06. The van der Waals surface area contributed by atoms with Crippen LogP contribution < -0.4 is 15.4 Å². The number of nitrogens with zero attached hydrogens (tertiary/aromatic N) is 1. The van der Waals surface area contributed by atoms with E-state index in [2.05, 4.69) is 0 Å². The number of sulfonamides is 1. The van der Waals surface area contributed by atoms with Crippen LogP contribution in [0.15, 0.2) is 53.4 Å². The highest BCUT2D eigenvalue weighted by molar-refractivity contribution is 7.93. The van der Waals surface area contributed by atoms with E-state index in [-0.39, 0.29) is 16.9 Å². The third-order valence-electron chi connectivity index (χ3n) is 4.38. The number of alkyl halides is 3. The van der Waals surface area contributed by atoms with Crippen LogP contribution in [-0.4, -0.2) is 39.0 Å². The zero-order chi connectivity index (χ0) is 21.4. The van der Waals surface area contributed by atoms with Gasteiger partial charge in [0.15, 0.2) is 0 Å². The van der Waals surface area contributed by atoms with Crippen molar-refractivity contribution in [1.29, 1.82) is 0 Å². The summed E-state index contributed by atoms with van der Waals surface area (Å²) in [5.41, 5.74) is 6.21. The first-order valence-corrected chi connectivity index (χ1v) is 9.81. The first-order valence-electron chi connectivity index (χ1n) is 8.37. The molecule has 1 atom stereocenters. The van der Waals surface area contributed by atoms with E-state index in [0.29, 0.717) is 11.3 Å². The van der Waals surface area contributed by atoms with Crippen LogP contribution in [0.25, 0.3) is 0 Å². The van der Waals surface area contributed by atoms with Gasteiger partial charge in [-0.3, -0.25) is 13.9 Å². The number of nitrogens with one attached hydrogen (secondary N) is 1. The smallest absolute Gasteiger partial charge is 0.368 e. The lowest BCUT2D eigenvalue weighted by atomic mass is 10.1. The standard InChI is InChI=1S/C18H16F3N3O4S/c19-18(20,21)10-23-17(26)11-5-7-13(8-6-11)29(27,28)24-14-4-2-1-3-12(14)9-15(24)16(22)25/h1-8,15H,9-10H2,(H2,22,25)(H,23,26)/t15-/m0/s1.